The molecule has 64 valence electrons. The van der Waals surface area contributed by atoms with Crippen molar-refractivity contribution in [1.82, 2.24) is 5.32 Å². The van der Waals surface area contributed by atoms with Gasteiger partial charge in [-0.3, -0.25) is 0 Å². The quantitative estimate of drug-likeness (QED) is 0.814. The zero-order valence-electron chi connectivity index (χ0n) is 6.67. The van der Waals surface area contributed by atoms with Crippen LogP contribution in [0.1, 0.15) is 17.3 Å². The van der Waals surface area contributed by atoms with Gasteiger partial charge in [-0.1, -0.05) is 11.6 Å². The Labute approximate surface area is 80.8 Å². The van der Waals surface area contributed by atoms with E-state index in [0.29, 0.717) is 6.42 Å². The fourth-order valence-electron chi connectivity index (χ4n) is 0.952. The number of hydrogen-bond donors (Lipinski definition) is 1. The number of nitrogens with one attached hydrogen (secondary N) is 1. The normalized spacial score (nSPS) is 12.4. The van der Waals surface area contributed by atoms with Gasteiger partial charge in [-0.15, -0.1) is 11.3 Å². The van der Waals surface area contributed by atoms with Crippen LogP contribution >= 0.6 is 22.9 Å². The lowest BCUT2D eigenvalue weighted by molar-refractivity contribution is 0.619. The van der Waals surface area contributed by atoms with Crippen LogP contribution in [0.3, 0.4) is 0 Å². The average Bonchev–Trinajstić information content (AvgIpc) is 2.47. The van der Waals surface area contributed by atoms with Crippen LogP contribution in [0.25, 0.3) is 0 Å². The number of halogens is 1. The summed E-state index contributed by atoms with van der Waals surface area (Å²) < 4.78 is 0.767. The molecule has 0 aliphatic heterocycles. The molecule has 0 saturated carbocycles. The highest BCUT2D eigenvalue weighted by Crippen LogP contribution is 2.27. The number of hydrogen-bond acceptors (Lipinski definition) is 3. The molecule has 1 aromatic heterocycles. The molecule has 1 aromatic rings. The van der Waals surface area contributed by atoms with E-state index in [2.05, 4.69) is 11.4 Å². The predicted molar refractivity (Wildman–Crippen MR) is 51.4 cm³/mol. The summed E-state index contributed by atoms with van der Waals surface area (Å²) in [5.74, 6) is 0. The second-order valence-corrected chi connectivity index (χ2v) is 4.09. The van der Waals surface area contributed by atoms with Gasteiger partial charge in [0.05, 0.1) is 22.9 Å². The van der Waals surface area contributed by atoms with Crippen molar-refractivity contribution in [2.24, 2.45) is 0 Å². The molecular formula is C8H9ClN2S. The average molecular weight is 201 g/mol. The Hall–Kier alpha value is -0.560. The Morgan fingerprint density at radius 2 is 2.50 bits per heavy atom. The van der Waals surface area contributed by atoms with Crippen molar-refractivity contribution >= 4 is 22.9 Å². The lowest BCUT2D eigenvalue weighted by Gasteiger charge is -2.08. The topological polar surface area (TPSA) is 35.8 Å². The highest BCUT2D eigenvalue weighted by atomic mass is 35.5. The molecular weight excluding hydrogens is 192 g/mol. The van der Waals surface area contributed by atoms with Crippen molar-refractivity contribution in [2.45, 2.75) is 12.5 Å². The molecule has 0 aliphatic carbocycles. The van der Waals surface area contributed by atoms with E-state index in [1.54, 1.807) is 0 Å². The van der Waals surface area contributed by atoms with Crippen molar-refractivity contribution in [3.63, 3.8) is 0 Å². The molecule has 0 spiro atoms. The summed E-state index contributed by atoms with van der Waals surface area (Å²) in [5, 5.41) is 11.6. The van der Waals surface area contributed by atoms with E-state index >= 15 is 0 Å². The summed E-state index contributed by atoms with van der Waals surface area (Å²) in [6.07, 6.45) is 0.480. The number of rotatable bonds is 3. The van der Waals surface area contributed by atoms with Gasteiger partial charge in [0, 0.05) is 4.88 Å². The standard InChI is InChI=1S/C8H9ClN2S/c1-11-6(4-5-10)7-2-3-8(9)12-7/h2-3,6,11H,4H2,1H3. The van der Waals surface area contributed by atoms with Crippen LogP contribution in [-0.4, -0.2) is 7.05 Å². The van der Waals surface area contributed by atoms with Crippen LogP contribution in [0.2, 0.25) is 4.34 Å². The van der Waals surface area contributed by atoms with E-state index < -0.39 is 0 Å². The molecule has 0 aliphatic rings. The molecule has 0 radical (unpaired) electrons. The molecule has 1 heterocycles. The molecule has 0 fully saturated rings. The third-order valence-corrected chi connectivity index (χ3v) is 2.93. The van der Waals surface area contributed by atoms with Crippen LogP contribution in [0.5, 0.6) is 0 Å². The molecule has 0 bridgehead atoms. The fourth-order valence-corrected chi connectivity index (χ4v) is 2.12. The monoisotopic (exact) mass is 200 g/mol. The van der Waals surface area contributed by atoms with Gasteiger partial charge in [0.25, 0.3) is 0 Å². The number of nitriles is 1. The van der Waals surface area contributed by atoms with E-state index in [0.717, 1.165) is 9.21 Å². The summed E-state index contributed by atoms with van der Waals surface area (Å²) in [7, 11) is 1.84. The molecule has 0 amide bonds. The van der Waals surface area contributed by atoms with E-state index in [4.69, 9.17) is 16.9 Å². The SMILES string of the molecule is CNC(CC#N)c1ccc(Cl)s1. The Morgan fingerprint density at radius 3 is 2.92 bits per heavy atom. The van der Waals surface area contributed by atoms with E-state index in [9.17, 15) is 0 Å². The Kier molecular flexibility index (Phi) is 3.54. The molecule has 2 nitrogen and oxygen atoms in total. The van der Waals surface area contributed by atoms with Crippen LogP contribution in [0.4, 0.5) is 0 Å². The van der Waals surface area contributed by atoms with Gasteiger partial charge < -0.3 is 5.32 Å². The predicted octanol–water partition coefficient (Wildman–Crippen LogP) is 2.58. The summed E-state index contributed by atoms with van der Waals surface area (Å²) >= 11 is 7.28. The van der Waals surface area contributed by atoms with Gasteiger partial charge in [-0.25, -0.2) is 0 Å². The molecule has 1 atom stereocenters. The summed E-state index contributed by atoms with van der Waals surface area (Å²) in [6, 6.07) is 6.05. The highest BCUT2D eigenvalue weighted by molar-refractivity contribution is 7.16. The second kappa shape index (κ2) is 4.46. The zero-order valence-corrected chi connectivity index (χ0v) is 8.25. The van der Waals surface area contributed by atoms with Crippen LogP contribution in [0.15, 0.2) is 12.1 Å². The van der Waals surface area contributed by atoms with Crippen LogP contribution in [-0.2, 0) is 0 Å². The van der Waals surface area contributed by atoms with E-state index in [-0.39, 0.29) is 6.04 Å². The lowest BCUT2D eigenvalue weighted by Crippen LogP contribution is -2.14. The van der Waals surface area contributed by atoms with Crippen molar-refractivity contribution in [3.8, 4) is 6.07 Å². The maximum Gasteiger partial charge on any atom is 0.0931 e. The highest BCUT2D eigenvalue weighted by Gasteiger charge is 2.10. The minimum atomic E-state index is 0.118. The molecule has 0 aromatic carbocycles. The third kappa shape index (κ3) is 2.21. The minimum absolute atomic E-state index is 0.118. The molecule has 4 heteroatoms. The van der Waals surface area contributed by atoms with Gasteiger partial charge in [-0.05, 0) is 19.2 Å². The number of thiophene rings is 1. The van der Waals surface area contributed by atoms with Gasteiger partial charge >= 0.3 is 0 Å². The van der Waals surface area contributed by atoms with E-state index in [1.807, 2.05) is 19.2 Å². The summed E-state index contributed by atoms with van der Waals surface area (Å²) in [5.41, 5.74) is 0. The van der Waals surface area contributed by atoms with Gasteiger partial charge in [-0.2, -0.15) is 5.26 Å². The largest absolute Gasteiger partial charge is 0.311 e. The first kappa shape index (κ1) is 9.53. The van der Waals surface area contributed by atoms with Crippen molar-refractivity contribution < 1.29 is 0 Å². The number of nitrogens with zero attached hydrogens (tertiary/aromatic N) is 1. The maximum atomic E-state index is 8.52. The fraction of sp³-hybridized carbons (Fsp3) is 0.375. The molecule has 0 saturated heterocycles. The first-order valence-corrected chi connectivity index (χ1v) is 4.77. The first-order valence-electron chi connectivity index (χ1n) is 3.57. The Bertz CT molecular complexity index is 289. The van der Waals surface area contributed by atoms with Crippen molar-refractivity contribution in [3.05, 3.63) is 21.3 Å². The third-order valence-electron chi connectivity index (χ3n) is 1.58. The Balaban J connectivity index is 2.74. The van der Waals surface area contributed by atoms with Crippen molar-refractivity contribution in [2.75, 3.05) is 7.05 Å². The zero-order chi connectivity index (χ0) is 8.97. The second-order valence-electron chi connectivity index (χ2n) is 2.35. The maximum absolute atomic E-state index is 8.52. The molecule has 1 unspecified atom stereocenters. The minimum Gasteiger partial charge on any atom is -0.311 e. The summed E-state index contributed by atoms with van der Waals surface area (Å²) in [4.78, 5) is 1.11. The van der Waals surface area contributed by atoms with Crippen LogP contribution < -0.4 is 5.32 Å². The first-order chi connectivity index (χ1) is 5.77. The smallest absolute Gasteiger partial charge is 0.0931 e. The van der Waals surface area contributed by atoms with Gasteiger partial charge in [0.1, 0.15) is 0 Å². The molecule has 1 rings (SSSR count). The summed E-state index contributed by atoms with van der Waals surface area (Å²) in [6.45, 7) is 0. The Morgan fingerprint density at radius 1 is 1.75 bits per heavy atom. The molecule has 12 heavy (non-hydrogen) atoms. The van der Waals surface area contributed by atoms with Crippen molar-refractivity contribution in [1.29, 1.82) is 5.26 Å². The lowest BCUT2D eigenvalue weighted by atomic mass is 10.2. The van der Waals surface area contributed by atoms with Gasteiger partial charge in [0.15, 0.2) is 0 Å². The van der Waals surface area contributed by atoms with E-state index in [1.165, 1.54) is 11.3 Å². The van der Waals surface area contributed by atoms with Crippen LogP contribution in [0, 0.1) is 11.3 Å². The molecule has 1 N–H and O–H groups in total. The van der Waals surface area contributed by atoms with Gasteiger partial charge in [0.2, 0.25) is 0 Å².